The summed E-state index contributed by atoms with van der Waals surface area (Å²) in [5, 5.41) is 10.3. The van der Waals surface area contributed by atoms with Crippen LogP contribution in [0.4, 0.5) is 17.1 Å². The molecule has 234 valence electrons. The topological polar surface area (TPSA) is 3.24 Å². The average Bonchev–Trinajstić information content (AvgIpc) is 3.57. The summed E-state index contributed by atoms with van der Waals surface area (Å²) in [5.74, 6) is 0. The number of rotatable bonds is 5. The molecule has 0 atom stereocenters. The Bertz CT molecular complexity index is 2870. The first-order valence-corrected chi connectivity index (χ1v) is 17.9. The summed E-state index contributed by atoms with van der Waals surface area (Å²) in [6, 6.07) is 68.7. The largest absolute Gasteiger partial charge is 0.310 e. The third-order valence-electron chi connectivity index (χ3n) is 10.0. The molecule has 10 aromatic rings. The van der Waals surface area contributed by atoms with Crippen molar-refractivity contribution in [1.29, 1.82) is 0 Å². The average molecular weight is 654 g/mol. The van der Waals surface area contributed by atoms with Crippen molar-refractivity contribution in [3.8, 4) is 22.3 Å². The fraction of sp³-hybridized carbons (Fsp3) is 0. The molecule has 9 aromatic carbocycles. The molecule has 1 aromatic heterocycles. The Morgan fingerprint density at radius 3 is 1.82 bits per heavy atom. The van der Waals surface area contributed by atoms with E-state index in [2.05, 4.69) is 193 Å². The van der Waals surface area contributed by atoms with Gasteiger partial charge < -0.3 is 4.90 Å². The predicted molar refractivity (Wildman–Crippen MR) is 217 cm³/mol. The highest BCUT2D eigenvalue weighted by molar-refractivity contribution is 7.26. The van der Waals surface area contributed by atoms with Crippen molar-refractivity contribution in [2.24, 2.45) is 0 Å². The third kappa shape index (κ3) is 4.69. The number of nitrogens with zero attached hydrogens (tertiary/aromatic N) is 1. The number of benzene rings is 9. The van der Waals surface area contributed by atoms with E-state index in [0.717, 1.165) is 17.1 Å². The Labute approximate surface area is 294 Å². The summed E-state index contributed by atoms with van der Waals surface area (Å²) in [5.41, 5.74) is 8.25. The van der Waals surface area contributed by atoms with E-state index >= 15 is 0 Å². The lowest BCUT2D eigenvalue weighted by molar-refractivity contribution is 1.29. The molecular weight excluding hydrogens is 623 g/mol. The lowest BCUT2D eigenvalue weighted by atomic mass is 9.93. The molecule has 1 nitrogen and oxygen atoms in total. The zero-order chi connectivity index (χ0) is 33.0. The van der Waals surface area contributed by atoms with Gasteiger partial charge in [0.1, 0.15) is 0 Å². The Morgan fingerprint density at radius 1 is 0.340 bits per heavy atom. The molecule has 0 fully saturated rings. The van der Waals surface area contributed by atoms with E-state index in [9.17, 15) is 0 Å². The molecule has 0 aliphatic rings. The summed E-state index contributed by atoms with van der Waals surface area (Å²) in [7, 11) is 0. The molecule has 0 spiro atoms. The van der Waals surface area contributed by atoms with Gasteiger partial charge in [-0.1, -0.05) is 146 Å². The maximum absolute atomic E-state index is 2.43. The van der Waals surface area contributed by atoms with Gasteiger partial charge in [-0.15, -0.1) is 11.3 Å². The van der Waals surface area contributed by atoms with Gasteiger partial charge in [-0.3, -0.25) is 0 Å². The molecule has 0 N–H and O–H groups in total. The highest BCUT2D eigenvalue weighted by Gasteiger charge is 2.19. The van der Waals surface area contributed by atoms with E-state index in [-0.39, 0.29) is 0 Å². The van der Waals surface area contributed by atoms with Crippen LogP contribution in [-0.4, -0.2) is 0 Å². The van der Waals surface area contributed by atoms with Crippen LogP contribution in [0.15, 0.2) is 188 Å². The second kappa shape index (κ2) is 11.7. The molecule has 10 rings (SSSR count). The van der Waals surface area contributed by atoms with E-state index in [4.69, 9.17) is 0 Å². The summed E-state index contributed by atoms with van der Waals surface area (Å²) in [6.45, 7) is 0. The van der Waals surface area contributed by atoms with Gasteiger partial charge in [0.05, 0.1) is 5.69 Å². The molecular formula is C48H31NS. The molecule has 50 heavy (non-hydrogen) atoms. The molecule has 1 heterocycles. The van der Waals surface area contributed by atoms with Crippen LogP contribution in [0.5, 0.6) is 0 Å². The predicted octanol–water partition coefficient (Wildman–Crippen LogP) is 14.3. The first kappa shape index (κ1) is 28.8. The Kier molecular flexibility index (Phi) is 6.75. The van der Waals surface area contributed by atoms with Crippen LogP contribution < -0.4 is 4.90 Å². The van der Waals surface area contributed by atoms with Gasteiger partial charge in [-0.25, -0.2) is 0 Å². The summed E-state index contributed by atoms with van der Waals surface area (Å²) in [6.07, 6.45) is 0. The third-order valence-corrected chi connectivity index (χ3v) is 11.3. The van der Waals surface area contributed by atoms with Crippen LogP contribution in [0.25, 0.3) is 74.7 Å². The van der Waals surface area contributed by atoms with Gasteiger partial charge in [0, 0.05) is 37.1 Å². The van der Waals surface area contributed by atoms with Gasteiger partial charge in [0.25, 0.3) is 0 Å². The smallest absolute Gasteiger partial charge is 0.0540 e. The van der Waals surface area contributed by atoms with Crippen LogP contribution in [0.3, 0.4) is 0 Å². The van der Waals surface area contributed by atoms with Crippen LogP contribution in [0.1, 0.15) is 0 Å². The standard InChI is InChI=1S/C48H31NS/c1-2-12-32(13-3-1)39-17-10-11-21-46(39)49(37-27-29-47-45(31-37)43-28-24-33-14-4-7-18-40(33)48(43)50-47)36-25-22-34(23-26-36)44-30-35-15-5-6-16-38(35)41-19-8-9-20-42(41)44/h1-31H. The van der Waals surface area contributed by atoms with Crippen molar-refractivity contribution in [1.82, 2.24) is 0 Å². The van der Waals surface area contributed by atoms with E-state index in [1.165, 1.54) is 74.7 Å². The SMILES string of the molecule is c1ccc(-c2ccccc2N(c2ccc(-c3cc4ccccc4c4ccccc34)cc2)c2ccc3sc4c5ccccc5ccc4c3c2)cc1. The number of para-hydroxylation sites is 1. The van der Waals surface area contributed by atoms with Gasteiger partial charge in [-0.2, -0.15) is 0 Å². The fourth-order valence-corrected chi connectivity index (χ4v) is 8.89. The highest BCUT2D eigenvalue weighted by Crippen LogP contribution is 2.45. The number of hydrogen-bond acceptors (Lipinski definition) is 2. The monoisotopic (exact) mass is 653 g/mol. The van der Waals surface area contributed by atoms with Crippen LogP contribution in [0.2, 0.25) is 0 Å². The summed E-state index contributed by atoms with van der Waals surface area (Å²) in [4.78, 5) is 2.43. The van der Waals surface area contributed by atoms with Crippen molar-refractivity contribution >= 4 is 80.9 Å². The molecule has 2 heteroatoms. The molecule has 0 radical (unpaired) electrons. The normalized spacial score (nSPS) is 11.6. The zero-order valence-electron chi connectivity index (χ0n) is 27.3. The van der Waals surface area contributed by atoms with Crippen molar-refractivity contribution in [3.63, 3.8) is 0 Å². The Morgan fingerprint density at radius 2 is 0.980 bits per heavy atom. The number of fused-ring (bicyclic) bond motifs is 8. The van der Waals surface area contributed by atoms with Gasteiger partial charge in [0.15, 0.2) is 0 Å². The molecule has 0 aliphatic heterocycles. The maximum atomic E-state index is 2.43. The summed E-state index contributed by atoms with van der Waals surface area (Å²) < 4.78 is 2.65. The van der Waals surface area contributed by atoms with Gasteiger partial charge >= 0.3 is 0 Å². The maximum Gasteiger partial charge on any atom is 0.0540 e. The van der Waals surface area contributed by atoms with Crippen molar-refractivity contribution in [2.45, 2.75) is 0 Å². The molecule has 0 saturated heterocycles. The minimum Gasteiger partial charge on any atom is -0.310 e. The van der Waals surface area contributed by atoms with Crippen LogP contribution in [-0.2, 0) is 0 Å². The summed E-state index contributed by atoms with van der Waals surface area (Å²) >= 11 is 1.89. The second-order valence-corrected chi connectivity index (χ2v) is 14.0. The zero-order valence-corrected chi connectivity index (χ0v) is 28.1. The number of thiophene rings is 1. The molecule has 0 unspecified atom stereocenters. The first-order chi connectivity index (χ1) is 24.8. The van der Waals surface area contributed by atoms with Crippen molar-refractivity contribution < 1.29 is 0 Å². The minimum absolute atomic E-state index is 1.12. The number of anilines is 3. The molecule has 0 aliphatic carbocycles. The van der Waals surface area contributed by atoms with Crippen molar-refractivity contribution in [2.75, 3.05) is 4.90 Å². The lowest BCUT2D eigenvalue weighted by Crippen LogP contribution is -2.11. The second-order valence-electron chi connectivity index (χ2n) is 12.9. The van der Waals surface area contributed by atoms with Crippen molar-refractivity contribution in [3.05, 3.63) is 188 Å². The van der Waals surface area contributed by atoms with Crippen LogP contribution >= 0.6 is 11.3 Å². The van der Waals surface area contributed by atoms with Crippen LogP contribution in [0, 0.1) is 0 Å². The van der Waals surface area contributed by atoms with E-state index in [1.807, 2.05) is 11.3 Å². The van der Waals surface area contributed by atoms with Gasteiger partial charge in [0.2, 0.25) is 0 Å². The van der Waals surface area contributed by atoms with E-state index < -0.39 is 0 Å². The van der Waals surface area contributed by atoms with E-state index in [1.54, 1.807) is 0 Å². The fourth-order valence-electron chi connectivity index (χ4n) is 7.67. The Balaban J connectivity index is 1.17. The quantitative estimate of drug-likeness (QED) is 0.167. The number of hydrogen-bond donors (Lipinski definition) is 0. The lowest BCUT2D eigenvalue weighted by Gasteiger charge is -2.28. The molecule has 0 saturated carbocycles. The minimum atomic E-state index is 1.12. The highest BCUT2D eigenvalue weighted by atomic mass is 32.1. The first-order valence-electron chi connectivity index (χ1n) is 17.1. The molecule has 0 amide bonds. The Hall–Kier alpha value is -6.22. The molecule has 0 bridgehead atoms. The van der Waals surface area contributed by atoms with E-state index in [0.29, 0.717) is 0 Å². The van der Waals surface area contributed by atoms with Gasteiger partial charge in [-0.05, 0) is 91.5 Å².